The Kier molecular flexibility index (Phi) is 6.95. The maximum atomic E-state index is 7.51. The third-order valence-corrected chi connectivity index (χ3v) is 4.61. The molecule has 0 atom stereocenters. The lowest BCUT2D eigenvalue weighted by atomic mass is 10.1. The van der Waals surface area contributed by atoms with Gasteiger partial charge in [-0.25, -0.2) is 0 Å². The van der Waals surface area contributed by atoms with Crippen molar-refractivity contribution >= 4 is 58.4 Å². The average Bonchev–Trinajstić information content (AvgIpc) is 3.22. The van der Waals surface area contributed by atoms with Crippen LogP contribution in [0.4, 0.5) is 0 Å². The van der Waals surface area contributed by atoms with E-state index in [1.165, 1.54) is 0 Å². The molecule has 2 aromatic heterocycles. The number of nitrogens with two attached hydrogens (primary N) is 2. The molecule has 2 heterocycles. The van der Waals surface area contributed by atoms with Crippen molar-refractivity contribution in [2.24, 2.45) is 11.5 Å². The van der Waals surface area contributed by atoms with Crippen molar-refractivity contribution in [1.82, 2.24) is 0 Å². The van der Waals surface area contributed by atoms with Gasteiger partial charge in [-0.15, -0.1) is 24.8 Å². The zero-order chi connectivity index (χ0) is 19.0. The fourth-order valence-electron chi connectivity index (χ4n) is 3.19. The van der Waals surface area contributed by atoms with E-state index in [4.69, 9.17) is 31.1 Å². The molecule has 29 heavy (non-hydrogen) atoms. The van der Waals surface area contributed by atoms with Gasteiger partial charge >= 0.3 is 0 Å². The first kappa shape index (κ1) is 22.3. The second-order valence-corrected chi connectivity index (χ2v) is 6.61. The molecule has 0 amide bonds. The highest BCUT2D eigenvalue weighted by atomic mass is 35.5. The number of hydrogen-bond acceptors (Lipinski definition) is 4. The van der Waals surface area contributed by atoms with Crippen molar-refractivity contribution in [2.45, 2.75) is 19.3 Å². The average molecular weight is 433 g/mol. The quantitative estimate of drug-likeness (QED) is 0.258. The summed E-state index contributed by atoms with van der Waals surface area (Å²) in [5.74, 6) is 1.88. The van der Waals surface area contributed by atoms with Gasteiger partial charge < -0.3 is 20.3 Å². The Hall–Kier alpha value is -2.96. The fourth-order valence-corrected chi connectivity index (χ4v) is 3.19. The molecule has 0 radical (unpaired) electrons. The lowest BCUT2D eigenvalue weighted by Crippen LogP contribution is -2.10. The summed E-state index contributed by atoms with van der Waals surface area (Å²) in [6.07, 6.45) is 2.47. The van der Waals surface area contributed by atoms with Crippen molar-refractivity contribution in [3.05, 3.63) is 71.2 Å². The van der Waals surface area contributed by atoms with Crippen molar-refractivity contribution in [1.29, 1.82) is 10.8 Å². The lowest BCUT2D eigenvalue weighted by Gasteiger charge is -1.97. The summed E-state index contributed by atoms with van der Waals surface area (Å²) >= 11 is 0. The molecule has 6 N–H and O–H groups in total. The van der Waals surface area contributed by atoms with Crippen LogP contribution in [0, 0.1) is 10.8 Å². The third kappa shape index (κ3) is 4.72. The van der Waals surface area contributed by atoms with Gasteiger partial charge in [0.25, 0.3) is 0 Å². The van der Waals surface area contributed by atoms with Crippen molar-refractivity contribution in [3.63, 3.8) is 0 Å². The summed E-state index contributed by atoms with van der Waals surface area (Å²) in [7, 11) is 0. The molecule has 0 unspecified atom stereocenters. The van der Waals surface area contributed by atoms with Crippen LogP contribution in [0.15, 0.2) is 57.4 Å². The summed E-state index contributed by atoms with van der Waals surface area (Å²) in [5.41, 5.74) is 13.9. The summed E-state index contributed by atoms with van der Waals surface area (Å²) in [5, 5.41) is 17.0. The van der Waals surface area contributed by atoms with E-state index in [0.717, 1.165) is 52.7 Å². The molecule has 0 saturated heterocycles. The third-order valence-electron chi connectivity index (χ3n) is 4.61. The molecule has 0 aliphatic carbocycles. The first-order valence-electron chi connectivity index (χ1n) is 8.73. The van der Waals surface area contributed by atoms with Crippen molar-refractivity contribution in [3.8, 4) is 0 Å². The van der Waals surface area contributed by atoms with Crippen LogP contribution in [0.25, 0.3) is 21.9 Å². The summed E-state index contributed by atoms with van der Waals surface area (Å²) < 4.78 is 11.8. The zero-order valence-corrected chi connectivity index (χ0v) is 17.2. The second kappa shape index (κ2) is 9.03. The minimum atomic E-state index is 0. The summed E-state index contributed by atoms with van der Waals surface area (Å²) in [6.45, 7) is 0. The van der Waals surface area contributed by atoms with Crippen LogP contribution in [0.2, 0.25) is 0 Å². The minimum Gasteiger partial charge on any atom is -0.461 e. The molecule has 0 fully saturated rings. The number of fused-ring (bicyclic) bond motifs is 2. The molecule has 152 valence electrons. The molecular formula is C21H22Cl2N4O2. The van der Waals surface area contributed by atoms with E-state index in [2.05, 4.69) is 0 Å². The van der Waals surface area contributed by atoms with Crippen molar-refractivity contribution < 1.29 is 8.83 Å². The number of amidine groups is 2. The molecule has 0 saturated carbocycles. The first-order valence-corrected chi connectivity index (χ1v) is 8.73. The van der Waals surface area contributed by atoms with E-state index in [0.29, 0.717) is 11.1 Å². The van der Waals surface area contributed by atoms with E-state index in [1.807, 2.05) is 36.4 Å². The van der Waals surface area contributed by atoms with Crippen LogP contribution in [-0.2, 0) is 12.8 Å². The summed E-state index contributed by atoms with van der Waals surface area (Å²) in [6, 6.07) is 15.1. The van der Waals surface area contributed by atoms with Crippen LogP contribution in [0.3, 0.4) is 0 Å². The highest BCUT2D eigenvalue weighted by Crippen LogP contribution is 2.24. The van der Waals surface area contributed by atoms with Gasteiger partial charge in [-0.05, 0) is 30.7 Å². The SMILES string of the molecule is Cl.Cl.N=C(N)c1ccc2cc(CCCc3cc4ccc(C(=N)N)cc4o3)oc2c1. The molecular weight excluding hydrogens is 411 g/mol. The number of nitrogen functional groups attached to an aromatic ring is 2. The van der Waals surface area contributed by atoms with E-state index < -0.39 is 0 Å². The number of benzene rings is 2. The zero-order valence-electron chi connectivity index (χ0n) is 15.5. The number of aryl methyl sites for hydroxylation is 2. The Morgan fingerprint density at radius 3 is 1.48 bits per heavy atom. The van der Waals surface area contributed by atoms with Gasteiger partial charge in [0.1, 0.15) is 34.4 Å². The number of rotatable bonds is 6. The maximum Gasteiger partial charge on any atom is 0.135 e. The highest BCUT2D eigenvalue weighted by molar-refractivity contribution is 5.98. The van der Waals surface area contributed by atoms with E-state index in [1.54, 1.807) is 12.1 Å². The smallest absolute Gasteiger partial charge is 0.135 e. The van der Waals surface area contributed by atoms with E-state index in [-0.39, 0.29) is 36.5 Å². The molecule has 0 aliphatic rings. The largest absolute Gasteiger partial charge is 0.461 e. The highest BCUT2D eigenvalue weighted by Gasteiger charge is 2.09. The Balaban J connectivity index is 0.00000150. The monoisotopic (exact) mass is 432 g/mol. The Bertz CT molecular complexity index is 1090. The number of hydrogen-bond donors (Lipinski definition) is 4. The Morgan fingerprint density at radius 2 is 1.10 bits per heavy atom. The maximum absolute atomic E-state index is 7.51. The molecule has 2 aromatic carbocycles. The van der Waals surface area contributed by atoms with E-state index in [9.17, 15) is 0 Å². The normalized spacial score (nSPS) is 10.5. The lowest BCUT2D eigenvalue weighted by molar-refractivity contribution is 0.510. The first-order chi connectivity index (χ1) is 13.0. The minimum absolute atomic E-state index is 0. The standard InChI is InChI=1S/C21H20N4O2.2ClH/c22-20(23)14-6-4-12-8-16(26-18(12)10-14)2-1-3-17-9-13-5-7-15(21(24)25)11-19(13)27-17;;/h4-11H,1-3H2,(H3,22,23)(H3,24,25);2*1H. The molecule has 4 rings (SSSR count). The second-order valence-electron chi connectivity index (χ2n) is 6.61. The van der Waals surface area contributed by atoms with Crippen LogP contribution in [0.5, 0.6) is 0 Å². The molecule has 0 spiro atoms. The predicted octanol–water partition coefficient (Wildman–Crippen LogP) is 4.77. The molecule has 6 nitrogen and oxygen atoms in total. The van der Waals surface area contributed by atoms with Crippen LogP contribution in [-0.4, -0.2) is 11.7 Å². The van der Waals surface area contributed by atoms with Gasteiger partial charge in [0.15, 0.2) is 0 Å². The van der Waals surface area contributed by atoms with Crippen LogP contribution >= 0.6 is 24.8 Å². The molecule has 0 bridgehead atoms. The predicted molar refractivity (Wildman–Crippen MR) is 121 cm³/mol. The Labute approximate surface area is 180 Å². The van der Waals surface area contributed by atoms with E-state index >= 15 is 0 Å². The Morgan fingerprint density at radius 1 is 0.690 bits per heavy atom. The topological polar surface area (TPSA) is 126 Å². The van der Waals surface area contributed by atoms with Gasteiger partial charge in [-0.2, -0.15) is 0 Å². The molecule has 0 aliphatic heterocycles. The summed E-state index contributed by atoms with van der Waals surface area (Å²) in [4.78, 5) is 0. The van der Waals surface area contributed by atoms with Crippen LogP contribution < -0.4 is 11.5 Å². The van der Waals surface area contributed by atoms with Gasteiger partial charge in [-0.3, -0.25) is 10.8 Å². The molecule has 4 aromatic rings. The van der Waals surface area contributed by atoms with Crippen LogP contribution in [0.1, 0.15) is 29.1 Å². The van der Waals surface area contributed by atoms with Gasteiger partial charge in [0.05, 0.1) is 0 Å². The van der Waals surface area contributed by atoms with Crippen molar-refractivity contribution in [2.75, 3.05) is 0 Å². The number of nitrogens with one attached hydrogen (secondary N) is 2. The molecule has 8 heteroatoms. The fraction of sp³-hybridized carbons (Fsp3) is 0.143. The number of halogens is 2. The number of furan rings is 2. The van der Waals surface area contributed by atoms with Gasteiger partial charge in [0, 0.05) is 34.7 Å². The van der Waals surface area contributed by atoms with Gasteiger partial charge in [0.2, 0.25) is 0 Å². The van der Waals surface area contributed by atoms with Gasteiger partial charge in [-0.1, -0.05) is 24.3 Å².